The molecule has 3 N–H and O–H groups in total. The lowest BCUT2D eigenvalue weighted by Crippen LogP contribution is -2.41. The molecule has 15 heteroatoms. The molecule has 3 saturated heterocycles. The summed E-state index contributed by atoms with van der Waals surface area (Å²) in [5, 5.41) is 6.62. The lowest BCUT2D eigenvalue weighted by atomic mass is 9.88. The zero-order valence-electron chi connectivity index (χ0n) is 36.5. The maximum absolute atomic E-state index is 16.1. The number of benzene rings is 3. The van der Waals surface area contributed by atoms with Crippen LogP contribution < -0.4 is 20.3 Å². The number of imide groups is 1. The van der Waals surface area contributed by atoms with E-state index in [9.17, 15) is 18.0 Å². The average molecular weight is 893 g/mol. The van der Waals surface area contributed by atoms with Gasteiger partial charge in [0, 0.05) is 54.6 Å². The van der Waals surface area contributed by atoms with Crippen molar-refractivity contribution >= 4 is 56.2 Å². The summed E-state index contributed by atoms with van der Waals surface area (Å²) in [5.74, 6) is 0.169. The molecule has 332 valence electrons. The van der Waals surface area contributed by atoms with Gasteiger partial charge >= 0.3 is 0 Å². The van der Waals surface area contributed by atoms with Crippen molar-refractivity contribution in [2.75, 3.05) is 53.4 Å². The summed E-state index contributed by atoms with van der Waals surface area (Å²) in [7, 11) is -3.70. The molecule has 3 aliphatic heterocycles. The molecule has 3 aromatic carbocycles. The summed E-state index contributed by atoms with van der Waals surface area (Å²) in [4.78, 5) is 43.9. The van der Waals surface area contributed by atoms with Crippen molar-refractivity contribution < 1.29 is 22.4 Å². The molecule has 63 heavy (non-hydrogen) atoms. The molecule has 0 aliphatic carbocycles. The number of halogens is 1. The highest BCUT2D eigenvalue weighted by molar-refractivity contribution is 7.92. The maximum Gasteiger partial charge on any atom is 0.234 e. The molecule has 5 aromatic rings. The monoisotopic (exact) mass is 892 g/mol. The molecule has 2 aromatic heterocycles. The van der Waals surface area contributed by atoms with E-state index in [1.165, 1.54) is 28.7 Å². The first kappa shape index (κ1) is 44.4. The molecule has 2 amide bonds. The van der Waals surface area contributed by atoms with Gasteiger partial charge in [-0.2, -0.15) is 0 Å². The first-order valence-corrected chi connectivity index (χ1v) is 24.6. The van der Waals surface area contributed by atoms with Crippen molar-refractivity contribution in [1.29, 1.82) is 0 Å². The number of carbonyl (C=O) groups is 2. The molecular formula is C48H57FN8O4S2. The van der Waals surface area contributed by atoms with Gasteiger partial charge in [0.25, 0.3) is 0 Å². The van der Waals surface area contributed by atoms with Crippen LogP contribution in [0.1, 0.15) is 101 Å². The standard InChI is InChI=1S/C48H57FN8O4S2/c1-5-29-63(60,61)55-39-8-6-7-38(42(39)49)43-44(62-46(54-43)48(2,3)4)40-19-24-50-47(52-40)51-35-13-9-32(10-14-35)33-22-25-56(26-23-33)30-31-20-27-57(28-21-31)36-15-11-34(12-16-36)37-17-18-41(58)53-45(37)59/h6-16,19,24,31,33,37,55H,5,17-18,20-23,25-30H2,1-4H3,(H,50,51,52)(H,53,58,59)/t37-/m0/s1. The molecule has 0 saturated carbocycles. The van der Waals surface area contributed by atoms with Crippen LogP contribution >= 0.6 is 11.3 Å². The van der Waals surface area contributed by atoms with Gasteiger partial charge in [-0.1, -0.05) is 58.0 Å². The van der Waals surface area contributed by atoms with E-state index in [0.29, 0.717) is 53.3 Å². The molecule has 0 bridgehead atoms. The van der Waals surface area contributed by atoms with E-state index >= 15 is 4.39 Å². The number of likely N-dealkylation sites (tertiary alicyclic amines) is 1. The number of aromatic nitrogens is 3. The molecule has 3 fully saturated rings. The van der Waals surface area contributed by atoms with Gasteiger partial charge in [-0.3, -0.25) is 19.6 Å². The Kier molecular flexibility index (Phi) is 13.3. The largest absolute Gasteiger partial charge is 0.372 e. The Labute approximate surface area is 374 Å². The Morgan fingerprint density at radius 3 is 2.27 bits per heavy atom. The van der Waals surface area contributed by atoms with E-state index in [1.54, 1.807) is 31.3 Å². The number of nitrogens with zero attached hydrogens (tertiary/aromatic N) is 5. The van der Waals surface area contributed by atoms with Gasteiger partial charge in [0.2, 0.25) is 27.8 Å². The van der Waals surface area contributed by atoms with Crippen molar-refractivity contribution in [3.05, 3.63) is 101 Å². The van der Waals surface area contributed by atoms with Crippen LogP contribution in [0.25, 0.3) is 21.8 Å². The average Bonchev–Trinajstić information content (AvgIpc) is 3.72. The van der Waals surface area contributed by atoms with Crippen LogP contribution in [-0.2, 0) is 25.0 Å². The number of anilines is 4. The van der Waals surface area contributed by atoms with Crippen molar-refractivity contribution in [3.63, 3.8) is 0 Å². The summed E-state index contributed by atoms with van der Waals surface area (Å²) in [6.45, 7) is 13.3. The highest BCUT2D eigenvalue weighted by Gasteiger charge is 2.30. The van der Waals surface area contributed by atoms with Crippen molar-refractivity contribution in [3.8, 4) is 21.8 Å². The zero-order chi connectivity index (χ0) is 44.3. The predicted molar refractivity (Wildman–Crippen MR) is 250 cm³/mol. The Balaban J connectivity index is 0.852. The minimum absolute atomic E-state index is 0.107. The Hall–Kier alpha value is -5.25. The van der Waals surface area contributed by atoms with Gasteiger partial charge in [0.05, 0.1) is 38.6 Å². The summed E-state index contributed by atoms with van der Waals surface area (Å²) in [6, 6.07) is 23.3. The molecule has 3 aliphatic rings. The number of carbonyl (C=O) groups excluding carboxylic acids is 2. The Morgan fingerprint density at radius 1 is 0.873 bits per heavy atom. The topological polar surface area (TPSA) is 150 Å². The Bertz CT molecular complexity index is 2530. The number of sulfonamides is 1. The lowest BCUT2D eigenvalue weighted by molar-refractivity contribution is -0.134. The fourth-order valence-electron chi connectivity index (χ4n) is 8.91. The van der Waals surface area contributed by atoms with Gasteiger partial charge in [-0.15, -0.1) is 11.3 Å². The zero-order valence-corrected chi connectivity index (χ0v) is 38.1. The van der Waals surface area contributed by atoms with Crippen LogP contribution in [0.5, 0.6) is 0 Å². The molecule has 5 heterocycles. The van der Waals surface area contributed by atoms with Gasteiger partial charge in [-0.05, 0) is 117 Å². The van der Waals surface area contributed by atoms with E-state index < -0.39 is 15.8 Å². The van der Waals surface area contributed by atoms with Gasteiger partial charge in [-0.25, -0.2) is 27.8 Å². The maximum atomic E-state index is 16.1. The fraction of sp³-hybridized carbons (Fsp3) is 0.438. The molecule has 8 rings (SSSR count). The first-order valence-electron chi connectivity index (χ1n) is 22.1. The second-order valence-electron chi connectivity index (χ2n) is 18.1. The molecule has 0 spiro atoms. The quantitative estimate of drug-likeness (QED) is 0.0977. The number of hydrogen-bond acceptors (Lipinski definition) is 11. The minimum Gasteiger partial charge on any atom is -0.372 e. The number of thiazole rings is 1. The SMILES string of the molecule is CCCS(=O)(=O)Nc1cccc(-c2nc(C(C)(C)C)sc2-c2ccnc(Nc3ccc(C4CCN(CC5CCN(c6ccc([C@@H]7CCC(=O)NC7=O)cc6)CC5)CC4)cc3)n2)c1F. The molecule has 12 nitrogen and oxygen atoms in total. The van der Waals surface area contributed by atoms with E-state index in [1.807, 2.05) is 32.9 Å². The fourth-order valence-corrected chi connectivity index (χ4v) is 11.1. The number of piperidine rings is 3. The second kappa shape index (κ2) is 18.8. The van der Waals surface area contributed by atoms with E-state index in [2.05, 4.69) is 66.5 Å². The van der Waals surface area contributed by atoms with Crippen molar-refractivity contribution in [1.82, 2.24) is 25.2 Å². The van der Waals surface area contributed by atoms with Crippen LogP contribution in [0.15, 0.2) is 79.0 Å². The highest BCUT2D eigenvalue weighted by Crippen LogP contribution is 2.42. The normalized spacial score (nSPS) is 18.4. The van der Waals surface area contributed by atoms with Crippen LogP contribution in [-0.4, -0.2) is 78.6 Å². The van der Waals surface area contributed by atoms with Crippen LogP contribution in [0.2, 0.25) is 0 Å². The minimum atomic E-state index is -3.70. The second-order valence-corrected chi connectivity index (χ2v) is 21.0. The van der Waals surface area contributed by atoms with E-state index in [4.69, 9.17) is 9.97 Å². The molecule has 0 radical (unpaired) electrons. The molecular weight excluding hydrogens is 836 g/mol. The number of hydrogen-bond donors (Lipinski definition) is 3. The van der Waals surface area contributed by atoms with E-state index in [-0.39, 0.29) is 40.2 Å². The van der Waals surface area contributed by atoms with Crippen molar-refractivity contribution in [2.45, 2.75) is 89.9 Å². The Morgan fingerprint density at radius 2 is 1.59 bits per heavy atom. The van der Waals surface area contributed by atoms with E-state index in [0.717, 1.165) is 74.7 Å². The van der Waals surface area contributed by atoms with Gasteiger partial charge in [0.1, 0.15) is 0 Å². The number of nitrogens with one attached hydrogen (secondary N) is 3. The van der Waals surface area contributed by atoms with Crippen LogP contribution in [0.3, 0.4) is 0 Å². The summed E-state index contributed by atoms with van der Waals surface area (Å²) in [5.41, 5.74) is 5.11. The summed E-state index contributed by atoms with van der Waals surface area (Å²) >= 11 is 1.44. The summed E-state index contributed by atoms with van der Waals surface area (Å²) in [6.07, 6.45) is 7.62. The van der Waals surface area contributed by atoms with Crippen LogP contribution in [0, 0.1) is 11.7 Å². The smallest absolute Gasteiger partial charge is 0.234 e. The molecule has 0 unspecified atom stereocenters. The van der Waals surface area contributed by atoms with Gasteiger partial charge < -0.3 is 15.1 Å². The molecule has 1 atom stereocenters. The number of amides is 2. The first-order chi connectivity index (χ1) is 30.2. The lowest BCUT2D eigenvalue weighted by Gasteiger charge is -2.38. The third-order valence-electron chi connectivity index (χ3n) is 12.4. The number of rotatable bonds is 13. The highest BCUT2D eigenvalue weighted by atomic mass is 32.2. The van der Waals surface area contributed by atoms with Crippen molar-refractivity contribution in [2.24, 2.45) is 5.92 Å². The third kappa shape index (κ3) is 10.6. The summed E-state index contributed by atoms with van der Waals surface area (Å²) < 4.78 is 43.6. The van der Waals surface area contributed by atoms with Crippen LogP contribution in [0.4, 0.5) is 27.4 Å². The van der Waals surface area contributed by atoms with Gasteiger partial charge in [0.15, 0.2) is 5.82 Å². The third-order valence-corrected chi connectivity index (χ3v) is 15.4. The predicted octanol–water partition coefficient (Wildman–Crippen LogP) is 9.22.